The van der Waals surface area contributed by atoms with Crippen LogP contribution in [-0.4, -0.2) is 24.5 Å². The van der Waals surface area contributed by atoms with Gasteiger partial charge in [0.15, 0.2) is 0 Å². The van der Waals surface area contributed by atoms with E-state index in [0.717, 1.165) is 0 Å². The van der Waals surface area contributed by atoms with Crippen molar-refractivity contribution in [2.75, 3.05) is 13.6 Å². The largest absolute Gasteiger partial charge is 0.329 e. The molecule has 16 heavy (non-hydrogen) atoms. The van der Waals surface area contributed by atoms with Crippen LogP contribution in [0.15, 0.2) is 18.2 Å². The van der Waals surface area contributed by atoms with E-state index < -0.39 is 0 Å². The van der Waals surface area contributed by atoms with Crippen LogP contribution in [0.25, 0.3) is 0 Å². The topological polar surface area (TPSA) is 29.3 Å². The predicted molar refractivity (Wildman–Crippen MR) is 64.0 cm³/mol. The van der Waals surface area contributed by atoms with E-state index >= 15 is 0 Å². The number of nitrogens with two attached hydrogens (primary N) is 1. The molecule has 1 aliphatic carbocycles. The molecule has 0 amide bonds. The highest BCUT2D eigenvalue weighted by atomic mass is 35.5. The monoisotopic (exact) mass is 242 g/mol. The molecule has 2 rings (SSSR count). The molecular weight excluding hydrogens is 227 g/mol. The van der Waals surface area contributed by atoms with Gasteiger partial charge in [-0.15, -0.1) is 0 Å². The average Bonchev–Trinajstić information content (AvgIpc) is 3.07. The van der Waals surface area contributed by atoms with E-state index in [0.29, 0.717) is 23.2 Å². The Bertz CT molecular complexity index is 379. The van der Waals surface area contributed by atoms with Gasteiger partial charge in [0.2, 0.25) is 0 Å². The standard InChI is InChI=1S/C12H16ClFN2/c1-16(9-3-4-9)12(7-15)10-6-8(13)2-5-11(10)14/h2,5-6,9,12H,3-4,7,15H2,1H3. The van der Waals surface area contributed by atoms with Crippen molar-refractivity contribution in [1.29, 1.82) is 0 Å². The molecular formula is C12H16ClFN2. The fraction of sp³-hybridized carbons (Fsp3) is 0.500. The van der Waals surface area contributed by atoms with E-state index in [4.69, 9.17) is 17.3 Å². The highest BCUT2D eigenvalue weighted by Gasteiger charge is 2.32. The Hall–Kier alpha value is -0.640. The molecule has 0 aromatic heterocycles. The molecule has 0 bridgehead atoms. The molecule has 0 heterocycles. The second kappa shape index (κ2) is 4.70. The second-order valence-electron chi connectivity index (χ2n) is 4.31. The Kier molecular flexibility index (Phi) is 3.47. The van der Waals surface area contributed by atoms with Crippen molar-refractivity contribution in [3.05, 3.63) is 34.6 Å². The highest BCUT2D eigenvalue weighted by Crippen LogP contribution is 2.33. The molecule has 0 saturated heterocycles. The van der Waals surface area contributed by atoms with Gasteiger partial charge >= 0.3 is 0 Å². The number of hydrogen-bond acceptors (Lipinski definition) is 2. The lowest BCUT2D eigenvalue weighted by Gasteiger charge is -2.27. The molecule has 1 aromatic carbocycles. The van der Waals surface area contributed by atoms with Crippen molar-refractivity contribution in [1.82, 2.24) is 4.90 Å². The van der Waals surface area contributed by atoms with Crippen molar-refractivity contribution in [3.8, 4) is 0 Å². The van der Waals surface area contributed by atoms with Gasteiger partial charge in [-0.3, -0.25) is 4.90 Å². The Morgan fingerprint density at radius 3 is 2.81 bits per heavy atom. The summed E-state index contributed by atoms with van der Waals surface area (Å²) in [4.78, 5) is 2.15. The van der Waals surface area contributed by atoms with Crippen molar-refractivity contribution >= 4 is 11.6 Å². The highest BCUT2D eigenvalue weighted by molar-refractivity contribution is 6.30. The maximum absolute atomic E-state index is 13.7. The summed E-state index contributed by atoms with van der Waals surface area (Å²) in [5.74, 6) is -0.229. The lowest BCUT2D eigenvalue weighted by Crippen LogP contribution is -2.32. The fourth-order valence-electron chi connectivity index (χ4n) is 2.02. The third-order valence-corrected chi connectivity index (χ3v) is 3.39. The summed E-state index contributed by atoms with van der Waals surface area (Å²) in [7, 11) is 2.00. The molecule has 2 N–H and O–H groups in total. The van der Waals surface area contributed by atoms with Crippen LogP contribution in [0.2, 0.25) is 5.02 Å². The number of rotatable bonds is 4. The maximum atomic E-state index is 13.7. The van der Waals surface area contributed by atoms with Crippen LogP contribution in [0, 0.1) is 5.82 Å². The minimum atomic E-state index is -0.229. The third kappa shape index (κ3) is 2.37. The summed E-state index contributed by atoms with van der Waals surface area (Å²) in [6.07, 6.45) is 2.35. The van der Waals surface area contributed by atoms with Gasteiger partial charge in [0.25, 0.3) is 0 Å². The lowest BCUT2D eigenvalue weighted by molar-refractivity contribution is 0.235. The van der Waals surface area contributed by atoms with Gasteiger partial charge in [0, 0.05) is 29.2 Å². The number of hydrogen-bond donors (Lipinski definition) is 1. The van der Waals surface area contributed by atoms with Gasteiger partial charge in [-0.1, -0.05) is 11.6 Å². The maximum Gasteiger partial charge on any atom is 0.128 e. The smallest absolute Gasteiger partial charge is 0.128 e. The van der Waals surface area contributed by atoms with Crippen molar-refractivity contribution in [2.24, 2.45) is 5.73 Å². The summed E-state index contributed by atoms with van der Waals surface area (Å²) in [6.45, 7) is 0.407. The second-order valence-corrected chi connectivity index (χ2v) is 4.75. The molecule has 0 spiro atoms. The lowest BCUT2D eigenvalue weighted by atomic mass is 10.0. The van der Waals surface area contributed by atoms with Crippen LogP contribution >= 0.6 is 11.6 Å². The summed E-state index contributed by atoms with van der Waals surface area (Å²) in [5.41, 5.74) is 6.34. The quantitative estimate of drug-likeness (QED) is 0.879. The van der Waals surface area contributed by atoms with Crippen LogP contribution < -0.4 is 5.73 Å². The zero-order valence-corrected chi connectivity index (χ0v) is 10.0. The predicted octanol–water partition coefficient (Wildman–Crippen LogP) is 2.57. The molecule has 1 aliphatic rings. The van der Waals surface area contributed by atoms with E-state index in [2.05, 4.69) is 4.90 Å². The van der Waals surface area contributed by atoms with E-state index in [1.807, 2.05) is 7.05 Å². The molecule has 1 saturated carbocycles. The molecule has 1 fully saturated rings. The minimum Gasteiger partial charge on any atom is -0.329 e. The number of nitrogens with zero attached hydrogens (tertiary/aromatic N) is 1. The van der Waals surface area contributed by atoms with Gasteiger partial charge in [0.05, 0.1) is 0 Å². The third-order valence-electron chi connectivity index (χ3n) is 3.15. The van der Waals surface area contributed by atoms with Crippen molar-refractivity contribution in [2.45, 2.75) is 24.9 Å². The normalized spacial score (nSPS) is 17.8. The summed E-state index contributed by atoms with van der Waals surface area (Å²) >= 11 is 5.89. The average molecular weight is 243 g/mol. The van der Waals surface area contributed by atoms with Crippen LogP contribution in [0.5, 0.6) is 0 Å². The molecule has 0 radical (unpaired) electrons. The van der Waals surface area contributed by atoms with Gasteiger partial charge in [0.1, 0.15) is 5.82 Å². The summed E-state index contributed by atoms with van der Waals surface area (Å²) in [6, 6.07) is 5.11. The van der Waals surface area contributed by atoms with E-state index in [1.54, 1.807) is 12.1 Å². The van der Waals surface area contributed by atoms with E-state index in [1.165, 1.54) is 18.9 Å². The number of halogens is 2. The van der Waals surface area contributed by atoms with Crippen LogP contribution in [0.1, 0.15) is 24.4 Å². The molecule has 88 valence electrons. The van der Waals surface area contributed by atoms with Crippen molar-refractivity contribution < 1.29 is 4.39 Å². The number of benzene rings is 1. The van der Waals surface area contributed by atoms with Crippen LogP contribution in [-0.2, 0) is 0 Å². The van der Waals surface area contributed by atoms with Gasteiger partial charge in [-0.25, -0.2) is 4.39 Å². The Balaban J connectivity index is 2.27. The first kappa shape index (κ1) is 11.8. The van der Waals surface area contributed by atoms with Gasteiger partial charge < -0.3 is 5.73 Å². The Morgan fingerprint density at radius 2 is 2.25 bits per heavy atom. The van der Waals surface area contributed by atoms with Gasteiger partial charge in [-0.05, 0) is 38.1 Å². The Morgan fingerprint density at radius 1 is 1.56 bits per heavy atom. The van der Waals surface area contributed by atoms with Crippen molar-refractivity contribution in [3.63, 3.8) is 0 Å². The SMILES string of the molecule is CN(C1CC1)C(CN)c1cc(Cl)ccc1F. The minimum absolute atomic E-state index is 0.0776. The number of likely N-dealkylation sites (N-methyl/N-ethyl adjacent to an activating group) is 1. The first-order valence-electron chi connectivity index (χ1n) is 5.50. The molecule has 1 atom stereocenters. The van der Waals surface area contributed by atoms with E-state index in [9.17, 15) is 4.39 Å². The Labute approximate surface area is 100 Å². The molecule has 1 unspecified atom stereocenters. The first-order valence-corrected chi connectivity index (χ1v) is 5.88. The zero-order valence-electron chi connectivity index (χ0n) is 9.29. The first-order chi connectivity index (χ1) is 7.63. The fourth-order valence-corrected chi connectivity index (χ4v) is 2.20. The molecule has 1 aromatic rings. The molecule has 4 heteroatoms. The van der Waals surface area contributed by atoms with Crippen LogP contribution in [0.4, 0.5) is 4.39 Å². The van der Waals surface area contributed by atoms with Crippen LogP contribution in [0.3, 0.4) is 0 Å². The van der Waals surface area contributed by atoms with E-state index in [-0.39, 0.29) is 11.9 Å². The molecule has 2 nitrogen and oxygen atoms in total. The summed E-state index contributed by atoms with van der Waals surface area (Å²) < 4.78 is 13.7. The van der Waals surface area contributed by atoms with Gasteiger partial charge in [-0.2, -0.15) is 0 Å². The molecule has 0 aliphatic heterocycles. The zero-order chi connectivity index (χ0) is 11.7. The summed E-state index contributed by atoms with van der Waals surface area (Å²) in [5, 5.41) is 0.555.